The van der Waals surface area contributed by atoms with Gasteiger partial charge in [0.1, 0.15) is 30.2 Å². The van der Waals surface area contributed by atoms with Gasteiger partial charge in [0, 0.05) is 59.7 Å². The summed E-state index contributed by atoms with van der Waals surface area (Å²) >= 11 is 0. The van der Waals surface area contributed by atoms with Crippen molar-refractivity contribution in [1.82, 2.24) is 15.0 Å². The van der Waals surface area contributed by atoms with Crippen LogP contribution in [0.15, 0.2) is 79.0 Å². The predicted octanol–water partition coefficient (Wildman–Crippen LogP) is 7.13. The molecule has 6 nitrogen and oxygen atoms in total. The van der Waals surface area contributed by atoms with Crippen molar-refractivity contribution in [2.24, 2.45) is 0 Å². The lowest BCUT2D eigenvalue weighted by Gasteiger charge is -2.38. The van der Waals surface area contributed by atoms with E-state index in [1.54, 1.807) is 6.20 Å². The fraction of sp³-hybridized carbons (Fsp3) is 0.242. The third kappa shape index (κ3) is 5.74. The number of pyridine rings is 3. The van der Waals surface area contributed by atoms with E-state index in [1.165, 1.54) is 12.1 Å². The van der Waals surface area contributed by atoms with E-state index >= 15 is 0 Å². The molecule has 8 heteroatoms. The van der Waals surface area contributed by atoms with Crippen LogP contribution in [0.1, 0.15) is 35.4 Å². The van der Waals surface area contributed by atoms with Gasteiger partial charge in [-0.2, -0.15) is 0 Å². The summed E-state index contributed by atoms with van der Waals surface area (Å²) in [5.41, 5.74) is 5.21. The van der Waals surface area contributed by atoms with E-state index in [2.05, 4.69) is 9.88 Å². The number of hydrogen-bond donors (Lipinski definition) is 0. The molecule has 3 aromatic heterocycles. The number of benzene rings is 2. The molecule has 0 aliphatic carbocycles. The van der Waals surface area contributed by atoms with Gasteiger partial charge in [0.2, 0.25) is 5.88 Å². The van der Waals surface area contributed by atoms with Gasteiger partial charge < -0.3 is 14.4 Å². The summed E-state index contributed by atoms with van der Waals surface area (Å²) in [5, 5.41) is 0.718. The Bertz CT molecular complexity index is 1700. The molecule has 0 bridgehead atoms. The van der Waals surface area contributed by atoms with Crippen molar-refractivity contribution in [2.75, 3.05) is 18.0 Å². The first-order chi connectivity index (χ1) is 19.8. The molecule has 6 rings (SSSR count). The number of aromatic nitrogens is 3. The van der Waals surface area contributed by atoms with Crippen LogP contribution in [0.4, 0.5) is 14.6 Å². The van der Waals surface area contributed by atoms with Crippen LogP contribution in [0.2, 0.25) is 0 Å². The summed E-state index contributed by atoms with van der Waals surface area (Å²) in [5.74, 6) is -0.102. The molecule has 0 amide bonds. The Morgan fingerprint density at radius 3 is 2.54 bits per heavy atom. The third-order valence-electron chi connectivity index (χ3n) is 7.37. The maximum absolute atomic E-state index is 15.0. The fourth-order valence-electron chi connectivity index (χ4n) is 5.12. The molecule has 1 saturated heterocycles. The Morgan fingerprint density at radius 1 is 0.951 bits per heavy atom. The van der Waals surface area contributed by atoms with Gasteiger partial charge in [-0.15, -0.1) is 0 Å². The molecule has 0 spiro atoms. The minimum atomic E-state index is -0.664. The van der Waals surface area contributed by atoms with E-state index in [0.29, 0.717) is 42.6 Å². The van der Waals surface area contributed by atoms with E-state index < -0.39 is 11.6 Å². The minimum Gasteiger partial charge on any atom is -0.473 e. The van der Waals surface area contributed by atoms with E-state index in [4.69, 9.17) is 19.4 Å². The standard InChI is InChI=1S/C33H30F2N4O2/c1-20-13-27-29(37-22(20)3)15-31(38-33(27)26-11-10-25(34)14-28(26)35)39-17-21(2)41-30(18-39)24-9-12-32(36-16-24)40-19-23-7-5-4-6-8-23/h4-16,21,30H,17-19H2,1-3H3/t21?,30-/m1/s1. The van der Waals surface area contributed by atoms with Crippen LogP contribution >= 0.6 is 0 Å². The highest BCUT2D eigenvalue weighted by Gasteiger charge is 2.29. The van der Waals surface area contributed by atoms with Crippen LogP contribution in [-0.4, -0.2) is 34.1 Å². The Balaban J connectivity index is 1.30. The zero-order valence-electron chi connectivity index (χ0n) is 23.1. The Labute approximate surface area is 237 Å². The highest BCUT2D eigenvalue weighted by molar-refractivity contribution is 5.95. The van der Waals surface area contributed by atoms with Crippen molar-refractivity contribution in [3.63, 3.8) is 0 Å². The van der Waals surface area contributed by atoms with Crippen LogP contribution in [-0.2, 0) is 11.3 Å². The average Bonchev–Trinajstić information content (AvgIpc) is 2.97. The van der Waals surface area contributed by atoms with Gasteiger partial charge in [-0.3, -0.25) is 4.98 Å². The number of ether oxygens (including phenoxy) is 2. The van der Waals surface area contributed by atoms with E-state index in [9.17, 15) is 8.78 Å². The zero-order chi connectivity index (χ0) is 28.5. The molecule has 0 N–H and O–H groups in total. The lowest BCUT2D eigenvalue weighted by molar-refractivity contribution is -0.0178. The van der Waals surface area contributed by atoms with Crippen molar-refractivity contribution in [3.8, 4) is 17.1 Å². The summed E-state index contributed by atoms with van der Waals surface area (Å²) < 4.78 is 40.9. The molecule has 0 radical (unpaired) electrons. The number of hydrogen-bond acceptors (Lipinski definition) is 6. The molecule has 5 aromatic rings. The quantitative estimate of drug-likeness (QED) is 0.223. The molecule has 2 aromatic carbocycles. The van der Waals surface area contributed by atoms with E-state index in [-0.39, 0.29) is 17.8 Å². The number of morpholine rings is 1. The average molecular weight is 553 g/mol. The van der Waals surface area contributed by atoms with Crippen LogP contribution < -0.4 is 9.64 Å². The molecule has 0 saturated carbocycles. The fourth-order valence-corrected chi connectivity index (χ4v) is 5.12. The number of nitrogens with zero attached hydrogens (tertiary/aromatic N) is 4. The predicted molar refractivity (Wildman–Crippen MR) is 155 cm³/mol. The van der Waals surface area contributed by atoms with Gasteiger partial charge in [0.25, 0.3) is 0 Å². The molecular weight excluding hydrogens is 522 g/mol. The normalized spacial score (nSPS) is 17.1. The summed E-state index contributed by atoms with van der Waals surface area (Å²) in [4.78, 5) is 16.3. The molecule has 4 heterocycles. The van der Waals surface area contributed by atoms with Crippen molar-refractivity contribution >= 4 is 16.7 Å². The molecule has 2 atom stereocenters. The number of halogens is 2. The van der Waals surface area contributed by atoms with Crippen molar-refractivity contribution < 1.29 is 18.3 Å². The topological polar surface area (TPSA) is 60.4 Å². The molecule has 1 fully saturated rings. The summed E-state index contributed by atoms with van der Waals surface area (Å²) in [6.07, 6.45) is 1.42. The maximum Gasteiger partial charge on any atom is 0.213 e. The molecule has 1 unspecified atom stereocenters. The maximum atomic E-state index is 15.0. The van der Waals surface area contributed by atoms with Gasteiger partial charge in [-0.05, 0) is 56.2 Å². The van der Waals surface area contributed by atoms with Crippen molar-refractivity contribution in [1.29, 1.82) is 0 Å². The lowest BCUT2D eigenvalue weighted by Crippen LogP contribution is -2.43. The van der Waals surface area contributed by atoms with Gasteiger partial charge in [-0.1, -0.05) is 30.3 Å². The Hall–Kier alpha value is -4.43. The van der Waals surface area contributed by atoms with E-state index in [0.717, 1.165) is 33.8 Å². The van der Waals surface area contributed by atoms with Gasteiger partial charge >= 0.3 is 0 Å². The van der Waals surface area contributed by atoms with E-state index in [1.807, 2.05) is 75.4 Å². The first-order valence-electron chi connectivity index (χ1n) is 13.6. The van der Waals surface area contributed by atoms with Crippen molar-refractivity contribution in [3.05, 3.63) is 113 Å². The number of fused-ring (bicyclic) bond motifs is 1. The summed E-state index contributed by atoms with van der Waals surface area (Å²) in [7, 11) is 0. The molecule has 208 valence electrons. The number of aryl methyl sites for hydroxylation is 2. The van der Waals surface area contributed by atoms with Crippen LogP contribution in [0, 0.1) is 25.5 Å². The van der Waals surface area contributed by atoms with Crippen LogP contribution in [0.3, 0.4) is 0 Å². The second-order valence-electron chi connectivity index (χ2n) is 10.5. The second-order valence-corrected chi connectivity index (χ2v) is 10.5. The Kier molecular flexibility index (Phi) is 7.32. The number of rotatable bonds is 6. The molecule has 41 heavy (non-hydrogen) atoms. The highest BCUT2D eigenvalue weighted by atomic mass is 19.1. The SMILES string of the molecule is Cc1cc2c(-c3ccc(F)cc3F)nc(N3CC(C)O[C@@H](c4ccc(OCc5ccccc5)nc4)C3)cc2nc1C. The highest BCUT2D eigenvalue weighted by Crippen LogP contribution is 2.35. The lowest BCUT2D eigenvalue weighted by atomic mass is 10.0. The first kappa shape index (κ1) is 26.8. The first-order valence-corrected chi connectivity index (χ1v) is 13.6. The molecular formula is C33H30F2N4O2. The van der Waals surface area contributed by atoms with Gasteiger partial charge in [0.15, 0.2) is 0 Å². The monoisotopic (exact) mass is 552 g/mol. The second kappa shape index (κ2) is 11.2. The smallest absolute Gasteiger partial charge is 0.213 e. The summed E-state index contributed by atoms with van der Waals surface area (Å²) in [6, 6.07) is 21.2. The van der Waals surface area contributed by atoms with Crippen LogP contribution in [0.25, 0.3) is 22.2 Å². The third-order valence-corrected chi connectivity index (χ3v) is 7.37. The Morgan fingerprint density at radius 2 is 1.78 bits per heavy atom. The van der Waals surface area contributed by atoms with Crippen LogP contribution in [0.5, 0.6) is 5.88 Å². The molecule has 1 aliphatic rings. The zero-order valence-corrected chi connectivity index (χ0v) is 23.1. The van der Waals surface area contributed by atoms with Crippen molar-refractivity contribution in [2.45, 2.75) is 39.6 Å². The summed E-state index contributed by atoms with van der Waals surface area (Å²) in [6.45, 7) is 7.47. The van der Waals surface area contributed by atoms with Gasteiger partial charge in [-0.25, -0.2) is 18.7 Å². The van der Waals surface area contributed by atoms with Gasteiger partial charge in [0.05, 0.1) is 17.3 Å². The largest absolute Gasteiger partial charge is 0.473 e. The molecule has 1 aliphatic heterocycles. The minimum absolute atomic E-state index is 0.0982. The number of anilines is 1.